The monoisotopic (exact) mass is 256 g/mol. The van der Waals surface area contributed by atoms with Crippen LogP contribution in [0.15, 0.2) is 0 Å². The molecule has 0 aromatic heterocycles. The molecule has 1 rings (SSSR count). The van der Waals surface area contributed by atoms with Crippen LogP contribution in [0.3, 0.4) is 0 Å². The molecule has 1 saturated carbocycles. The first-order valence-corrected chi connectivity index (χ1v) is 7.63. The Morgan fingerprint density at radius 1 is 1.33 bits per heavy atom. The molecule has 0 spiro atoms. The molecule has 0 aliphatic heterocycles. The van der Waals surface area contributed by atoms with Gasteiger partial charge < -0.3 is 15.3 Å². The normalized spacial score (nSPS) is 20.8. The van der Waals surface area contributed by atoms with Crippen molar-refractivity contribution < 1.29 is 5.11 Å². The summed E-state index contributed by atoms with van der Waals surface area (Å²) in [6.45, 7) is 11.1. The first kappa shape index (κ1) is 15.9. The van der Waals surface area contributed by atoms with Crippen LogP contribution in [0.4, 0.5) is 0 Å². The summed E-state index contributed by atoms with van der Waals surface area (Å²) in [4.78, 5) is 2.60. The molecule has 1 aliphatic carbocycles. The minimum atomic E-state index is -0.139. The van der Waals surface area contributed by atoms with Crippen LogP contribution in [0.5, 0.6) is 0 Å². The molecule has 1 fully saturated rings. The van der Waals surface area contributed by atoms with Gasteiger partial charge in [-0.25, -0.2) is 0 Å². The molecule has 0 radical (unpaired) electrons. The lowest BCUT2D eigenvalue weighted by Gasteiger charge is -2.35. The van der Waals surface area contributed by atoms with Crippen LogP contribution in [-0.4, -0.2) is 47.3 Å². The fraction of sp³-hybridized carbons (Fsp3) is 1.00. The third-order valence-corrected chi connectivity index (χ3v) is 4.18. The van der Waals surface area contributed by atoms with Crippen molar-refractivity contribution >= 4 is 0 Å². The zero-order valence-corrected chi connectivity index (χ0v) is 12.7. The molecule has 3 heteroatoms. The van der Waals surface area contributed by atoms with Crippen LogP contribution in [0.2, 0.25) is 0 Å². The predicted molar refractivity (Wildman–Crippen MR) is 77.9 cm³/mol. The van der Waals surface area contributed by atoms with Gasteiger partial charge in [0, 0.05) is 24.2 Å². The molecule has 0 heterocycles. The minimum absolute atomic E-state index is 0.139. The highest BCUT2D eigenvalue weighted by Crippen LogP contribution is 2.24. The first-order valence-electron chi connectivity index (χ1n) is 7.63. The highest BCUT2D eigenvalue weighted by Gasteiger charge is 2.27. The second-order valence-corrected chi connectivity index (χ2v) is 6.33. The molecule has 0 amide bonds. The number of nitrogens with one attached hydrogen (secondary N) is 1. The molecule has 0 bridgehead atoms. The van der Waals surface area contributed by atoms with Gasteiger partial charge in [0.2, 0.25) is 0 Å². The standard InChI is InChI=1S/C15H32N2O/c1-5-17(14-8-6-7-9-14)11-10-15(4,12-18)16-13(2)3/h13-14,16,18H,5-12H2,1-4H3. The fourth-order valence-corrected chi connectivity index (χ4v) is 3.15. The lowest BCUT2D eigenvalue weighted by molar-refractivity contribution is 0.125. The van der Waals surface area contributed by atoms with Gasteiger partial charge >= 0.3 is 0 Å². The van der Waals surface area contributed by atoms with E-state index in [2.05, 4.69) is 37.9 Å². The zero-order chi connectivity index (χ0) is 13.6. The SMILES string of the molecule is CCN(CCC(C)(CO)NC(C)C)C1CCCC1. The lowest BCUT2D eigenvalue weighted by atomic mass is 9.97. The molecule has 1 atom stereocenters. The van der Waals surface area contributed by atoms with E-state index in [1.807, 2.05) is 0 Å². The molecule has 108 valence electrons. The zero-order valence-electron chi connectivity index (χ0n) is 12.7. The summed E-state index contributed by atoms with van der Waals surface area (Å²) in [5, 5.41) is 13.1. The van der Waals surface area contributed by atoms with Crippen LogP contribution in [0, 0.1) is 0 Å². The Morgan fingerprint density at radius 2 is 1.94 bits per heavy atom. The molecule has 0 saturated heterocycles. The summed E-state index contributed by atoms with van der Waals surface area (Å²) >= 11 is 0. The van der Waals surface area contributed by atoms with Gasteiger partial charge in [0.05, 0.1) is 6.61 Å². The summed E-state index contributed by atoms with van der Waals surface area (Å²) < 4.78 is 0. The molecule has 1 aliphatic rings. The Kier molecular flexibility index (Phi) is 6.61. The van der Waals surface area contributed by atoms with E-state index in [4.69, 9.17) is 0 Å². The molecular formula is C15H32N2O. The van der Waals surface area contributed by atoms with Crippen molar-refractivity contribution in [2.24, 2.45) is 0 Å². The second kappa shape index (κ2) is 7.46. The van der Waals surface area contributed by atoms with Crippen LogP contribution in [-0.2, 0) is 0 Å². The fourth-order valence-electron chi connectivity index (χ4n) is 3.15. The van der Waals surface area contributed by atoms with Gasteiger partial charge in [-0.2, -0.15) is 0 Å². The molecule has 0 aromatic carbocycles. The van der Waals surface area contributed by atoms with E-state index in [1.54, 1.807) is 0 Å². The highest BCUT2D eigenvalue weighted by molar-refractivity contribution is 4.86. The molecule has 3 nitrogen and oxygen atoms in total. The average molecular weight is 256 g/mol. The van der Waals surface area contributed by atoms with Crippen molar-refractivity contribution in [3.8, 4) is 0 Å². The Morgan fingerprint density at radius 3 is 2.39 bits per heavy atom. The van der Waals surface area contributed by atoms with E-state index in [0.717, 1.165) is 25.6 Å². The van der Waals surface area contributed by atoms with Crippen LogP contribution >= 0.6 is 0 Å². The third kappa shape index (κ3) is 4.87. The van der Waals surface area contributed by atoms with Gasteiger partial charge in [-0.15, -0.1) is 0 Å². The Labute approximate surface area is 113 Å². The number of hydrogen-bond acceptors (Lipinski definition) is 3. The molecule has 2 N–H and O–H groups in total. The van der Waals surface area contributed by atoms with Crippen molar-refractivity contribution in [3.63, 3.8) is 0 Å². The third-order valence-electron chi connectivity index (χ3n) is 4.18. The Hall–Kier alpha value is -0.120. The number of hydrogen-bond donors (Lipinski definition) is 2. The largest absolute Gasteiger partial charge is 0.394 e. The first-order chi connectivity index (χ1) is 8.50. The molecule has 18 heavy (non-hydrogen) atoms. The van der Waals surface area contributed by atoms with Crippen LogP contribution < -0.4 is 5.32 Å². The Balaban J connectivity index is 2.44. The van der Waals surface area contributed by atoms with E-state index in [9.17, 15) is 5.11 Å². The molecule has 0 aromatic rings. The van der Waals surface area contributed by atoms with E-state index in [1.165, 1.54) is 25.7 Å². The average Bonchev–Trinajstić information content (AvgIpc) is 2.83. The van der Waals surface area contributed by atoms with Gasteiger partial charge in [0.1, 0.15) is 0 Å². The van der Waals surface area contributed by atoms with Crippen molar-refractivity contribution in [2.45, 2.75) is 77.4 Å². The number of rotatable bonds is 8. The van der Waals surface area contributed by atoms with Crippen LogP contribution in [0.25, 0.3) is 0 Å². The smallest absolute Gasteiger partial charge is 0.0611 e. The summed E-state index contributed by atoms with van der Waals surface area (Å²) in [5.41, 5.74) is -0.139. The number of aliphatic hydroxyl groups excluding tert-OH is 1. The summed E-state index contributed by atoms with van der Waals surface area (Å²) in [7, 11) is 0. The van der Waals surface area contributed by atoms with Crippen LogP contribution in [0.1, 0.15) is 59.8 Å². The second-order valence-electron chi connectivity index (χ2n) is 6.33. The summed E-state index contributed by atoms with van der Waals surface area (Å²) in [5.74, 6) is 0. The predicted octanol–water partition coefficient (Wildman–Crippen LogP) is 2.39. The quantitative estimate of drug-likeness (QED) is 0.700. The minimum Gasteiger partial charge on any atom is -0.394 e. The molecular weight excluding hydrogens is 224 g/mol. The summed E-state index contributed by atoms with van der Waals surface area (Å²) in [6.07, 6.45) is 6.53. The lowest BCUT2D eigenvalue weighted by Crippen LogP contribution is -2.51. The van der Waals surface area contributed by atoms with E-state index in [0.29, 0.717) is 6.04 Å². The van der Waals surface area contributed by atoms with E-state index >= 15 is 0 Å². The van der Waals surface area contributed by atoms with Crippen molar-refractivity contribution in [1.82, 2.24) is 10.2 Å². The van der Waals surface area contributed by atoms with Gasteiger partial charge in [-0.1, -0.05) is 33.6 Å². The van der Waals surface area contributed by atoms with Gasteiger partial charge in [0.25, 0.3) is 0 Å². The Bertz CT molecular complexity index is 227. The maximum Gasteiger partial charge on any atom is 0.0611 e. The maximum atomic E-state index is 9.60. The highest BCUT2D eigenvalue weighted by atomic mass is 16.3. The van der Waals surface area contributed by atoms with Crippen molar-refractivity contribution in [1.29, 1.82) is 0 Å². The summed E-state index contributed by atoms with van der Waals surface area (Å²) in [6, 6.07) is 1.21. The number of nitrogens with zero attached hydrogens (tertiary/aromatic N) is 1. The van der Waals surface area contributed by atoms with E-state index < -0.39 is 0 Å². The molecule has 1 unspecified atom stereocenters. The number of aliphatic hydroxyl groups is 1. The maximum absolute atomic E-state index is 9.60. The van der Waals surface area contributed by atoms with E-state index in [-0.39, 0.29) is 12.1 Å². The van der Waals surface area contributed by atoms with Gasteiger partial charge in [-0.05, 0) is 32.7 Å². The van der Waals surface area contributed by atoms with Gasteiger partial charge in [0.15, 0.2) is 0 Å². The van der Waals surface area contributed by atoms with Crippen molar-refractivity contribution in [2.75, 3.05) is 19.7 Å². The van der Waals surface area contributed by atoms with Crippen molar-refractivity contribution in [3.05, 3.63) is 0 Å². The topological polar surface area (TPSA) is 35.5 Å². The van der Waals surface area contributed by atoms with Gasteiger partial charge in [-0.3, -0.25) is 0 Å².